The number of hydrogen-bond acceptors (Lipinski definition) is 4. The number of rotatable bonds is 1. The van der Waals surface area contributed by atoms with E-state index in [0.29, 0.717) is 16.0 Å². The number of halogens is 4. The van der Waals surface area contributed by atoms with Crippen molar-refractivity contribution in [3.63, 3.8) is 0 Å². The van der Waals surface area contributed by atoms with Gasteiger partial charge in [-0.25, -0.2) is 8.60 Å². The minimum absolute atomic E-state index is 0.213. The van der Waals surface area contributed by atoms with Gasteiger partial charge < -0.3 is 4.52 Å². The SMILES string of the molecule is O=S1c2cc(F)ccc2C=Cc2ccc(-c3noc(C(F)(F)F)n3)cc21. The Labute approximate surface area is 146 Å². The molecule has 1 unspecified atom stereocenters. The van der Waals surface area contributed by atoms with Crippen LogP contribution in [0.2, 0.25) is 0 Å². The van der Waals surface area contributed by atoms with E-state index in [4.69, 9.17) is 0 Å². The molecule has 0 saturated heterocycles. The average molecular weight is 380 g/mol. The average Bonchev–Trinajstić information content (AvgIpc) is 3.06. The lowest BCUT2D eigenvalue weighted by Crippen LogP contribution is -2.04. The molecule has 1 atom stereocenters. The highest BCUT2D eigenvalue weighted by molar-refractivity contribution is 7.85. The molecule has 4 nitrogen and oxygen atoms in total. The lowest BCUT2D eigenvalue weighted by atomic mass is 10.1. The largest absolute Gasteiger partial charge is 0.471 e. The maximum atomic E-state index is 13.5. The van der Waals surface area contributed by atoms with Crippen LogP contribution in [0.25, 0.3) is 23.5 Å². The molecular weight excluding hydrogens is 372 g/mol. The van der Waals surface area contributed by atoms with E-state index in [1.165, 1.54) is 30.3 Å². The summed E-state index contributed by atoms with van der Waals surface area (Å²) in [6, 6.07) is 8.46. The topological polar surface area (TPSA) is 56.0 Å². The molecule has 9 heteroatoms. The third-order valence-electron chi connectivity index (χ3n) is 3.76. The van der Waals surface area contributed by atoms with Crippen molar-refractivity contribution >= 4 is 23.0 Å². The van der Waals surface area contributed by atoms with Crippen LogP contribution in [0.5, 0.6) is 0 Å². The fraction of sp³-hybridized carbons (Fsp3) is 0.0588. The summed E-state index contributed by atoms with van der Waals surface area (Å²) in [5.74, 6) is -2.27. The fourth-order valence-electron chi connectivity index (χ4n) is 2.53. The van der Waals surface area contributed by atoms with Gasteiger partial charge in [0.25, 0.3) is 0 Å². The zero-order valence-corrected chi connectivity index (χ0v) is 13.6. The molecule has 1 aliphatic rings. The van der Waals surface area contributed by atoms with Crippen LogP contribution in [0.1, 0.15) is 17.0 Å². The van der Waals surface area contributed by atoms with Crippen molar-refractivity contribution in [1.82, 2.24) is 10.1 Å². The second-order valence-corrected chi connectivity index (χ2v) is 6.87. The molecule has 0 saturated carbocycles. The summed E-state index contributed by atoms with van der Waals surface area (Å²) in [6.07, 6.45) is -1.34. The van der Waals surface area contributed by atoms with Gasteiger partial charge in [-0.15, -0.1) is 0 Å². The third-order valence-corrected chi connectivity index (χ3v) is 5.26. The van der Waals surface area contributed by atoms with Crippen molar-refractivity contribution in [2.75, 3.05) is 0 Å². The predicted molar refractivity (Wildman–Crippen MR) is 84.7 cm³/mol. The van der Waals surface area contributed by atoms with E-state index in [1.807, 2.05) is 0 Å². The molecular formula is C17H8F4N2O2S. The van der Waals surface area contributed by atoms with Crippen LogP contribution in [0.4, 0.5) is 17.6 Å². The van der Waals surface area contributed by atoms with Crippen LogP contribution in [-0.2, 0) is 17.0 Å². The van der Waals surface area contributed by atoms with Crippen LogP contribution in [0.15, 0.2) is 50.7 Å². The summed E-state index contributed by atoms with van der Waals surface area (Å²) in [7, 11) is -1.72. The predicted octanol–water partition coefficient (Wildman–Crippen LogP) is 4.55. The molecule has 0 bridgehead atoms. The number of hydrogen-bond donors (Lipinski definition) is 0. The highest BCUT2D eigenvalue weighted by Crippen LogP contribution is 2.33. The van der Waals surface area contributed by atoms with E-state index < -0.39 is 28.7 Å². The quantitative estimate of drug-likeness (QED) is 0.455. The Balaban J connectivity index is 1.81. The highest BCUT2D eigenvalue weighted by atomic mass is 32.2. The van der Waals surface area contributed by atoms with Crippen LogP contribution in [-0.4, -0.2) is 14.3 Å². The normalized spacial score (nSPS) is 16.1. The van der Waals surface area contributed by atoms with Crippen molar-refractivity contribution in [2.45, 2.75) is 16.0 Å². The van der Waals surface area contributed by atoms with Gasteiger partial charge in [0.2, 0.25) is 5.82 Å². The Kier molecular flexibility index (Phi) is 3.76. The van der Waals surface area contributed by atoms with Gasteiger partial charge in [0.1, 0.15) is 5.82 Å². The van der Waals surface area contributed by atoms with Gasteiger partial charge >= 0.3 is 12.1 Å². The van der Waals surface area contributed by atoms with Crippen molar-refractivity contribution in [3.05, 3.63) is 59.2 Å². The van der Waals surface area contributed by atoms with Gasteiger partial charge in [-0.3, -0.25) is 0 Å². The van der Waals surface area contributed by atoms with Crippen molar-refractivity contribution in [1.29, 1.82) is 0 Å². The van der Waals surface area contributed by atoms with Crippen molar-refractivity contribution in [3.8, 4) is 11.4 Å². The van der Waals surface area contributed by atoms with Gasteiger partial charge in [0, 0.05) is 5.56 Å². The first-order valence-electron chi connectivity index (χ1n) is 7.28. The smallest absolute Gasteiger partial charge is 0.329 e. The van der Waals surface area contributed by atoms with E-state index >= 15 is 0 Å². The number of nitrogens with zero attached hydrogens (tertiary/aromatic N) is 2. The number of fused-ring (bicyclic) bond motifs is 2. The van der Waals surface area contributed by atoms with Gasteiger partial charge in [-0.05, 0) is 29.3 Å². The first kappa shape index (κ1) is 16.6. The Hall–Kier alpha value is -2.81. The van der Waals surface area contributed by atoms with E-state index in [-0.39, 0.29) is 16.3 Å². The minimum atomic E-state index is -4.75. The molecule has 2 aromatic carbocycles. The lowest BCUT2D eigenvalue weighted by Gasteiger charge is -2.07. The summed E-state index contributed by atoms with van der Waals surface area (Å²) in [5.41, 5.74) is 1.41. The molecule has 0 spiro atoms. The maximum Gasteiger partial charge on any atom is 0.471 e. The minimum Gasteiger partial charge on any atom is -0.329 e. The van der Waals surface area contributed by atoms with E-state index in [2.05, 4.69) is 14.7 Å². The Morgan fingerprint density at radius 1 is 0.962 bits per heavy atom. The van der Waals surface area contributed by atoms with Crippen molar-refractivity contribution < 1.29 is 26.3 Å². The highest BCUT2D eigenvalue weighted by Gasteiger charge is 2.38. The molecule has 1 aliphatic heterocycles. The Morgan fingerprint density at radius 2 is 1.62 bits per heavy atom. The molecule has 26 heavy (non-hydrogen) atoms. The number of aromatic nitrogens is 2. The van der Waals surface area contributed by atoms with Crippen LogP contribution < -0.4 is 0 Å². The standard InChI is InChI=1S/C17H8F4N2O2S/c18-12-6-5-10-2-1-9-3-4-11(7-13(9)26(24)14(10)8-12)15-22-16(25-23-15)17(19,20)21/h1-8H. The summed E-state index contributed by atoms with van der Waals surface area (Å²) in [4.78, 5) is 3.93. The van der Waals surface area contributed by atoms with E-state index in [1.54, 1.807) is 18.2 Å². The zero-order chi connectivity index (χ0) is 18.5. The molecule has 4 rings (SSSR count). The van der Waals surface area contributed by atoms with Gasteiger partial charge in [0.15, 0.2) is 0 Å². The van der Waals surface area contributed by atoms with Gasteiger partial charge in [-0.2, -0.15) is 18.2 Å². The number of alkyl halides is 3. The summed E-state index contributed by atoms with van der Waals surface area (Å²) in [5, 5.41) is 3.33. The molecule has 132 valence electrons. The molecule has 0 radical (unpaired) electrons. The molecule has 0 amide bonds. The number of benzene rings is 2. The molecule has 1 aromatic heterocycles. The molecule has 2 heterocycles. The zero-order valence-electron chi connectivity index (χ0n) is 12.7. The first-order chi connectivity index (χ1) is 12.3. The van der Waals surface area contributed by atoms with Crippen LogP contribution in [0.3, 0.4) is 0 Å². The van der Waals surface area contributed by atoms with E-state index in [0.717, 1.165) is 0 Å². The summed E-state index contributed by atoms with van der Waals surface area (Å²) < 4.78 is 68.5. The molecule has 3 aromatic rings. The monoisotopic (exact) mass is 380 g/mol. The first-order valence-corrected chi connectivity index (χ1v) is 8.42. The Bertz CT molecular complexity index is 1070. The second kappa shape index (κ2) is 5.87. The molecule has 0 N–H and O–H groups in total. The third kappa shape index (κ3) is 2.84. The summed E-state index contributed by atoms with van der Waals surface area (Å²) in [6.45, 7) is 0. The van der Waals surface area contributed by atoms with E-state index in [9.17, 15) is 21.8 Å². The lowest BCUT2D eigenvalue weighted by molar-refractivity contribution is -0.159. The maximum absolute atomic E-state index is 13.5. The molecule has 0 aliphatic carbocycles. The molecule has 0 fully saturated rings. The summed E-state index contributed by atoms with van der Waals surface area (Å²) >= 11 is 0. The van der Waals surface area contributed by atoms with Crippen molar-refractivity contribution in [2.24, 2.45) is 0 Å². The second-order valence-electron chi connectivity index (χ2n) is 5.46. The van der Waals surface area contributed by atoms with Crippen LogP contribution >= 0.6 is 0 Å². The van der Waals surface area contributed by atoms with Gasteiger partial charge in [0.05, 0.1) is 20.6 Å². The van der Waals surface area contributed by atoms with Gasteiger partial charge in [-0.1, -0.05) is 35.5 Å². The Morgan fingerprint density at radius 3 is 2.27 bits per heavy atom. The van der Waals surface area contributed by atoms with Crippen LogP contribution in [0, 0.1) is 5.82 Å². The fourth-order valence-corrected chi connectivity index (χ4v) is 3.92.